The number of hydrogen-bond acceptors (Lipinski definition) is 6. The molecule has 0 atom stereocenters. The highest BCUT2D eigenvalue weighted by atomic mass is 32.1. The molecule has 40 heavy (non-hydrogen) atoms. The fourth-order valence-electron chi connectivity index (χ4n) is 4.67. The standard InChI is InChI=1S/C30H31FN6O2S/c1-20-16-25(33-37(20)26-13-9-8-12-24(26)31)28-21(2)32-30-36(29(28)39)23(19-40-30)17-27(38)35(15-14-34(3)4)18-22-10-6-5-7-11-22/h5-13,16,19H,14-15,17-18H2,1-4H3. The highest BCUT2D eigenvalue weighted by Gasteiger charge is 2.22. The van der Waals surface area contributed by atoms with E-state index in [4.69, 9.17) is 0 Å². The number of carbonyl (C=O) groups excluding carboxylic acids is 1. The Kier molecular flexibility index (Phi) is 7.90. The van der Waals surface area contributed by atoms with Crippen LogP contribution in [-0.2, 0) is 17.8 Å². The summed E-state index contributed by atoms with van der Waals surface area (Å²) >= 11 is 1.33. The van der Waals surface area contributed by atoms with Gasteiger partial charge in [0.2, 0.25) is 5.91 Å². The lowest BCUT2D eigenvalue weighted by Gasteiger charge is -2.24. The molecule has 0 aliphatic carbocycles. The second-order valence-electron chi connectivity index (χ2n) is 10.0. The van der Waals surface area contributed by atoms with Gasteiger partial charge in [-0.15, -0.1) is 11.3 Å². The predicted molar refractivity (Wildman–Crippen MR) is 155 cm³/mol. The third-order valence-corrected chi connectivity index (χ3v) is 7.64. The minimum absolute atomic E-state index is 0.0625. The number of hydrogen-bond donors (Lipinski definition) is 0. The molecule has 8 nitrogen and oxygen atoms in total. The van der Waals surface area contributed by atoms with Crippen LogP contribution in [0.1, 0.15) is 22.6 Å². The van der Waals surface area contributed by atoms with Crippen molar-refractivity contribution in [2.24, 2.45) is 0 Å². The number of para-hydroxylation sites is 1. The Labute approximate surface area is 235 Å². The van der Waals surface area contributed by atoms with Gasteiger partial charge in [0.25, 0.3) is 5.56 Å². The molecule has 0 bridgehead atoms. The molecule has 0 spiro atoms. The average Bonchev–Trinajstić information content (AvgIpc) is 3.50. The molecule has 0 N–H and O–H groups in total. The quantitative estimate of drug-likeness (QED) is 0.266. The second-order valence-corrected chi connectivity index (χ2v) is 10.9. The van der Waals surface area contributed by atoms with Crippen LogP contribution in [0.5, 0.6) is 0 Å². The minimum atomic E-state index is -0.407. The summed E-state index contributed by atoms with van der Waals surface area (Å²) in [5.74, 6) is -0.477. The van der Waals surface area contributed by atoms with Crippen molar-refractivity contribution in [2.75, 3.05) is 27.2 Å². The second kappa shape index (κ2) is 11.5. The molecule has 0 fully saturated rings. The van der Waals surface area contributed by atoms with Crippen molar-refractivity contribution >= 4 is 22.2 Å². The Morgan fingerprint density at radius 2 is 1.75 bits per heavy atom. The summed E-state index contributed by atoms with van der Waals surface area (Å²) in [5, 5.41) is 6.40. The Hall–Kier alpha value is -4.15. The molecule has 3 aromatic heterocycles. The van der Waals surface area contributed by atoms with E-state index < -0.39 is 5.82 Å². The fraction of sp³-hybridized carbons (Fsp3) is 0.267. The summed E-state index contributed by atoms with van der Waals surface area (Å²) in [6.45, 7) is 5.35. The van der Waals surface area contributed by atoms with Crippen molar-refractivity contribution in [2.45, 2.75) is 26.8 Å². The first kappa shape index (κ1) is 27.4. The number of benzene rings is 2. The van der Waals surface area contributed by atoms with Crippen LogP contribution in [0.2, 0.25) is 0 Å². The number of carbonyl (C=O) groups is 1. The van der Waals surface area contributed by atoms with E-state index in [2.05, 4.69) is 10.1 Å². The molecule has 3 heterocycles. The normalized spacial score (nSPS) is 11.4. The zero-order valence-electron chi connectivity index (χ0n) is 23.0. The number of likely N-dealkylation sites (N-methyl/N-ethyl adjacent to an activating group) is 1. The summed E-state index contributed by atoms with van der Waals surface area (Å²) in [6, 6.07) is 18.0. The lowest BCUT2D eigenvalue weighted by atomic mass is 10.1. The molecule has 206 valence electrons. The zero-order chi connectivity index (χ0) is 28.4. The van der Waals surface area contributed by atoms with Crippen molar-refractivity contribution in [3.63, 3.8) is 0 Å². The first-order valence-corrected chi connectivity index (χ1v) is 13.9. The Morgan fingerprint density at radius 1 is 1.02 bits per heavy atom. The first-order chi connectivity index (χ1) is 19.2. The highest BCUT2D eigenvalue weighted by molar-refractivity contribution is 7.15. The van der Waals surface area contributed by atoms with Crippen LogP contribution in [0, 0.1) is 19.7 Å². The lowest BCUT2D eigenvalue weighted by Crippen LogP contribution is -2.37. The van der Waals surface area contributed by atoms with E-state index in [1.54, 1.807) is 31.2 Å². The van der Waals surface area contributed by atoms with Crippen molar-refractivity contribution in [1.82, 2.24) is 29.0 Å². The number of aromatic nitrogens is 4. The lowest BCUT2D eigenvalue weighted by molar-refractivity contribution is -0.131. The van der Waals surface area contributed by atoms with Crippen molar-refractivity contribution in [3.8, 4) is 16.9 Å². The van der Waals surface area contributed by atoms with Crippen molar-refractivity contribution < 1.29 is 9.18 Å². The molecule has 0 saturated carbocycles. The Bertz CT molecular complexity index is 1720. The van der Waals surface area contributed by atoms with Crippen molar-refractivity contribution in [3.05, 3.63) is 105 Å². The van der Waals surface area contributed by atoms with Gasteiger partial charge in [0.15, 0.2) is 4.96 Å². The van der Waals surface area contributed by atoms with E-state index in [9.17, 15) is 14.0 Å². The highest BCUT2D eigenvalue weighted by Crippen LogP contribution is 2.24. The Morgan fingerprint density at radius 3 is 2.48 bits per heavy atom. The smallest absolute Gasteiger partial charge is 0.268 e. The molecule has 1 amide bonds. The van der Waals surface area contributed by atoms with Crippen LogP contribution in [0.4, 0.5) is 4.39 Å². The summed E-state index contributed by atoms with van der Waals surface area (Å²) in [4.78, 5) is 36.5. The molecule has 5 aromatic rings. The largest absolute Gasteiger partial charge is 0.337 e. The number of rotatable bonds is 9. The molecular weight excluding hydrogens is 527 g/mol. The number of fused-ring (bicyclic) bond motifs is 1. The number of amides is 1. The van der Waals surface area contributed by atoms with Gasteiger partial charge in [0.1, 0.15) is 17.2 Å². The van der Waals surface area contributed by atoms with E-state index in [1.807, 2.05) is 66.5 Å². The molecule has 5 rings (SSSR count). The maximum Gasteiger partial charge on any atom is 0.268 e. The SMILES string of the molecule is Cc1nc2scc(CC(=O)N(CCN(C)C)Cc3ccccc3)n2c(=O)c1-c1cc(C)n(-c2ccccc2F)n1. The van der Waals surface area contributed by atoms with Crippen LogP contribution >= 0.6 is 11.3 Å². The van der Waals surface area contributed by atoms with Crippen LogP contribution in [0.3, 0.4) is 0 Å². The maximum absolute atomic E-state index is 14.5. The van der Waals surface area contributed by atoms with Crippen molar-refractivity contribution in [1.29, 1.82) is 0 Å². The van der Waals surface area contributed by atoms with Gasteiger partial charge in [-0.1, -0.05) is 42.5 Å². The van der Waals surface area contributed by atoms with Crippen LogP contribution in [0.25, 0.3) is 21.9 Å². The number of nitrogens with zero attached hydrogens (tertiary/aromatic N) is 6. The van der Waals surface area contributed by atoms with Gasteiger partial charge in [-0.3, -0.25) is 14.0 Å². The van der Waals surface area contributed by atoms with E-state index >= 15 is 0 Å². The summed E-state index contributed by atoms with van der Waals surface area (Å²) in [5.41, 5.74) is 3.58. The van der Waals surface area contributed by atoms with Gasteiger partial charge < -0.3 is 9.80 Å². The molecule has 0 saturated heterocycles. The van der Waals surface area contributed by atoms with E-state index in [0.717, 1.165) is 12.1 Å². The van der Waals surface area contributed by atoms with E-state index in [-0.39, 0.29) is 17.9 Å². The molecule has 0 aliphatic rings. The monoisotopic (exact) mass is 558 g/mol. The molecule has 2 aromatic carbocycles. The van der Waals surface area contributed by atoms with Gasteiger partial charge in [0, 0.05) is 36.4 Å². The number of aryl methyl sites for hydroxylation is 2. The maximum atomic E-state index is 14.5. The van der Waals surface area contributed by atoms with Gasteiger partial charge in [0.05, 0.1) is 17.7 Å². The zero-order valence-corrected chi connectivity index (χ0v) is 23.8. The third kappa shape index (κ3) is 5.59. The van der Waals surface area contributed by atoms with Crippen LogP contribution in [-0.4, -0.2) is 62.1 Å². The first-order valence-electron chi connectivity index (χ1n) is 13.0. The van der Waals surface area contributed by atoms with E-state index in [0.29, 0.717) is 52.1 Å². The third-order valence-electron chi connectivity index (χ3n) is 6.76. The molecule has 0 unspecified atom stereocenters. The van der Waals surface area contributed by atoms with E-state index in [1.165, 1.54) is 26.5 Å². The number of halogens is 1. The van der Waals surface area contributed by atoms with Gasteiger partial charge in [-0.25, -0.2) is 14.1 Å². The summed E-state index contributed by atoms with van der Waals surface area (Å²) in [7, 11) is 3.95. The molecular formula is C30H31FN6O2S. The fourth-order valence-corrected chi connectivity index (χ4v) is 5.60. The minimum Gasteiger partial charge on any atom is -0.337 e. The van der Waals surface area contributed by atoms with Gasteiger partial charge in [-0.2, -0.15) is 5.10 Å². The summed E-state index contributed by atoms with van der Waals surface area (Å²) < 4.78 is 17.5. The predicted octanol–water partition coefficient (Wildman–Crippen LogP) is 4.50. The topological polar surface area (TPSA) is 75.7 Å². The van der Waals surface area contributed by atoms with Gasteiger partial charge >= 0.3 is 0 Å². The molecule has 0 aliphatic heterocycles. The molecule has 0 radical (unpaired) electrons. The summed E-state index contributed by atoms with van der Waals surface area (Å²) in [6.07, 6.45) is 0.0625. The van der Waals surface area contributed by atoms with Gasteiger partial charge in [-0.05, 0) is 51.7 Å². The van der Waals surface area contributed by atoms with Crippen LogP contribution < -0.4 is 5.56 Å². The average molecular weight is 559 g/mol. The molecule has 10 heteroatoms. The van der Waals surface area contributed by atoms with Crippen LogP contribution in [0.15, 0.2) is 70.8 Å². The Balaban J connectivity index is 1.50. The number of thiazole rings is 1.